The zero-order chi connectivity index (χ0) is 14.8. The van der Waals surface area contributed by atoms with Gasteiger partial charge in [0.2, 0.25) is 11.7 Å². The highest BCUT2D eigenvalue weighted by Gasteiger charge is 2.41. The third-order valence-corrected chi connectivity index (χ3v) is 5.01. The standard InChI is InChI=1S/C16H27N3O2/c1-3-20-16(10-5-4-6-11-16)13-18-14(21-19-13)15(2)9-7-8-12-17-15/h17H,3-12H2,1-2H3. The molecular formula is C16H27N3O2. The van der Waals surface area contributed by atoms with Crippen LogP contribution in [0.5, 0.6) is 0 Å². The molecule has 5 heteroatoms. The lowest BCUT2D eigenvalue weighted by molar-refractivity contribution is -0.0777. The lowest BCUT2D eigenvalue weighted by Gasteiger charge is -2.34. The minimum Gasteiger partial charge on any atom is -0.367 e. The molecule has 1 saturated carbocycles. The van der Waals surface area contributed by atoms with Crippen LogP contribution in [0.15, 0.2) is 4.52 Å². The van der Waals surface area contributed by atoms with E-state index in [9.17, 15) is 0 Å². The van der Waals surface area contributed by atoms with Gasteiger partial charge in [-0.15, -0.1) is 0 Å². The highest BCUT2D eigenvalue weighted by Crippen LogP contribution is 2.40. The largest absolute Gasteiger partial charge is 0.367 e. The predicted octanol–water partition coefficient (Wildman–Crippen LogP) is 3.25. The zero-order valence-corrected chi connectivity index (χ0v) is 13.3. The molecule has 2 heterocycles. The van der Waals surface area contributed by atoms with Crippen LogP contribution < -0.4 is 5.32 Å². The number of rotatable bonds is 4. The molecule has 5 nitrogen and oxygen atoms in total. The summed E-state index contributed by atoms with van der Waals surface area (Å²) in [4.78, 5) is 4.75. The normalized spacial score (nSPS) is 29.4. The number of hydrogen-bond acceptors (Lipinski definition) is 5. The van der Waals surface area contributed by atoms with E-state index in [-0.39, 0.29) is 11.1 Å². The van der Waals surface area contributed by atoms with E-state index in [1.807, 2.05) is 6.92 Å². The average Bonchev–Trinajstić information content (AvgIpc) is 3.01. The van der Waals surface area contributed by atoms with Gasteiger partial charge in [0.25, 0.3) is 0 Å². The van der Waals surface area contributed by atoms with Crippen LogP contribution in [-0.4, -0.2) is 23.3 Å². The van der Waals surface area contributed by atoms with Crippen molar-refractivity contribution >= 4 is 0 Å². The van der Waals surface area contributed by atoms with Gasteiger partial charge in [0.15, 0.2) is 0 Å². The number of ether oxygens (including phenoxy) is 1. The first-order valence-electron chi connectivity index (χ1n) is 8.42. The fraction of sp³-hybridized carbons (Fsp3) is 0.875. The number of nitrogens with zero attached hydrogens (tertiary/aromatic N) is 2. The van der Waals surface area contributed by atoms with Crippen molar-refractivity contribution in [2.75, 3.05) is 13.2 Å². The van der Waals surface area contributed by atoms with Gasteiger partial charge in [0.05, 0.1) is 5.54 Å². The molecule has 1 aliphatic carbocycles. The molecule has 1 atom stereocenters. The van der Waals surface area contributed by atoms with Gasteiger partial charge < -0.3 is 14.6 Å². The summed E-state index contributed by atoms with van der Waals surface area (Å²) in [6.45, 7) is 5.92. The Bertz CT molecular complexity index is 454. The van der Waals surface area contributed by atoms with Crippen LogP contribution in [0.1, 0.15) is 76.9 Å². The van der Waals surface area contributed by atoms with E-state index >= 15 is 0 Å². The molecule has 2 aliphatic rings. The van der Waals surface area contributed by atoms with Crippen LogP contribution in [0.4, 0.5) is 0 Å². The Morgan fingerprint density at radius 3 is 2.57 bits per heavy atom. The van der Waals surface area contributed by atoms with Crippen molar-refractivity contribution in [3.05, 3.63) is 11.7 Å². The summed E-state index contributed by atoms with van der Waals surface area (Å²) in [5.74, 6) is 1.48. The molecular weight excluding hydrogens is 266 g/mol. The first-order valence-corrected chi connectivity index (χ1v) is 8.42. The highest BCUT2D eigenvalue weighted by atomic mass is 16.5. The summed E-state index contributed by atoms with van der Waals surface area (Å²) < 4.78 is 11.7. The van der Waals surface area contributed by atoms with Crippen molar-refractivity contribution < 1.29 is 9.26 Å². The van der Waals surface area contributed by atoms with Crippen molar-refractivity contribution in [1.29, 1.82) is 0 Å². The van der Waals surface area contributed by atoms with Gasteiger partial charge in [0.1, 0.15) is 5.60 Å². The maximum atomic E-state index is 6.08. The summed E-state index contributed by atoms with van der Waals surface area (Å²) in [5.41, 5.74) is -0.495. The lowest BCUT2D eigenvalue weighted by Crippen LogP contribution is -2.43. The van der Waals surface area contributed by atoms with Crippen molar-refractivity contribution in [3.8, 4) is 0 Å². The molecule has 1 saturated heterocycles. The Labute approximate surface area is 126 Å². The summed E-state index contributed by atoms with van der Waals surface area (Å²) in [5, 5.41) is 7.84. The van der Waals surface area contributed by atoms with Gasteiger partial charge in [-0.25, -0.2) is 0 Å². The van der Waals surface area contributed by atoms with E-state index in [0.29, 0.717) is 6.61 Å². The molecule has 0 aromatic carbocycles. The lowest BCUT2D eigenvalue weighted by atomic mass is 9.84. The Morgan fingerprint density at radius 1 is 1.14 bits per heavy atom. The predicted molar refractivity (Wildman–Crippen MR) is 79.9 cm³/mol. The third-order valence-electron chi connectivity index (χ3n) is 5.01. The van der Waals surface area contributed by atoms with Crippen LogP contribution in [-0.2, 0) is 15.9 Å². The van der Waals surface area contributed by atoms with Gasteiger partial charge in [0, 0.05) is 6.61 Å². The SMILES string of the molecule is CCOC1(c2noc(C3(C)CCCCN3)n2)CCCCC1. The monoisotopic (exact) mass is 293 g/mol. The van der Waals surface area contributed by atoms with Crippen molar-refractivity contribution in [2.24, 2.45) is 0 Å². The molecule has 3 rings (SSSR count). The molecule has 1 aromatic rings. The Balaban J connectivity index is 1.85. The van der Waals surface area contributed by atoms with Crippen molar-refractivity contribution in [2.45, 2.75) is 76.4 Å². The van der Waals surface area contributed by atoms with Gasteiger partial charge in [-0.2, -0.15) is 4.98 Å². The molecule has 0 bridgehead atoms. The second-order valence-electron chi connectivity index (χ2n) is 6.63. The second kappa shape index (κ2) is 6.05. The first kappa shape index (κ1) is 15.0. The van der Waals surface area contributed by atoms with E-state index < -0.39 is 0 Å². The van der Waals surface area contributed by atoms with Crippen LogP contribution in [0.3, 0.4) is 0 Å². The minimum atomic E-state index is -0.320. The summed E-state index contributed by atoms with van der Waals surface area (Å²) in [7, 11) is 0. The van der Waals surface area contributed by atoms with Gasteiger partial charge in [-0.1, -0.05) is 24.4 Å². The Kier molecular flexibility index (Phi) is 4.31. The summed E-state index contributed by atoms with van der Waals surface area (Å²) in [6, 6.07) is 0. The molecule has 2 fully saturated rings. The van der Waals surface area contributed by atoms with E-state index in [0.717, 1.165) is 37.5 Å². The van der Waals surface area contributed by atoms with Gasteiger partial charge >= 0.3 is 0 Å². The maximum absolute atomic E-state index is 6.08. The number of nitrogens with one attached hydrogen (secondary N) is 1. The molecule has 1 aliphatic heterocycles. The number of piperidine rings is 1. The molecule has 0 spiro atoms. The molecule has 0 amide bonds. The quantitative estimate of drug-likeness (QED) is 0.923. The highest BCUT2D eigenvalue weighted by molar-refractivity contribution is 5.09. The zero-order valence-electron chi connectivity index (χ0n) is 13.3. The fourth-order valence-electron chi connectivity index (χ4n) is 3.70. The minimum absolute atomic E-state index is 0.175. The van der Waals surface area contributed by atoms with Gasteiger partial charge in [-0.3, -0.25) is 0 Å². The smallest absolute Gasteiger partial charge is 0.246 e. The number of hydrogen-bond donors (Lipinski definition) is 1. The maximum Gasteiger partial charge on any atom is 0.246 e. The van der Waals surface area contributed by atoms with Crippen LogP contribution in [0.25, 0.3) is 0 Å². The summed E-state index contributed by atoms with van der Waals surface area (Å²) in [6.07, 6.45) is 9.12. The Morgan fingerprint density at radius 2 is 1.90 bits per heavy atom. The van der Waals surface area contributed by atoms with Crippen molar-refractivity contribution in [3.63, 3.8) is 0 Å². The Hall–Kier alpha value is -0.940. The first-order chi connectivity index (χ1) is 10.2. The molecule has 0 radical (unpaired) electrons. The molecule has 118 valence electrons. The van der Waals surface area contributed by atoms with Crippen molar-refractivity contribution in [1.82, 2.24) is 15.5 Å². The molecule has 1 aromatic heterocycles. The second-order valence-corrected chi connectivity index (χ2v) is 6.63. The average molecular weight is 293 g/mol. The fourth-order valence-corrected chi connectivity index (χ4v) is 3.70. The molecule has 1 N–H and O–H groups in total. The van der Waals surface area contributed by atoms with Crippen LogP contribution in [0.2, 0.25) is 0 Å². The third kappa shape index (κ3) is 2.86. The topological polar surface area (TPSA) is 60.2 Å². The van der Waals surface area contributed by atoms with E-state index in [4.69, 9.17) is 14.2 Å². The van der Waals surface area contributed by atoms with Gasteiger partial charge in [-0.05, 0) is 52.5 Å². The van der Waals surface area contributed by atoms with Crippen LogP contribution in [0, 0.1) is 0 Å². The molecule has 21 heavy (non-hydrogen) atoms. The number of aromatic nitrogens is 2. The van der Waals surface area contributed by atoms with E-state index in [1.54, 1.807) is 0 Å². The van der Waals surface area contributed by atoms with Crippen LogP contribution >= 0.6 is 0 Å². The van der Waals surface area contributed by atoms with E-state index in [2.05, 4.69) is 17.4 Å². The van der Waals surface area contributed by atoms with E-state index in [1.165, 1.54) is 32.1 Å². The summed E-state index contributed by atoms with van der Waals surface area (Å²) >= 11 is 0. The molecule has 1 unspecified atom stereocenters.